The van der Waals surface area contributed by atoms with Gasteiger partial charge in [-0.1, -0.05) is 42.0 Å². The number of aryl methyl sites for hydroxylation is 7. The number of amides is 4. The number of carbonyl (C=O) groups excluding carboxylic acids is 3. The largest absolute Gasteiger partial charge is 0.493 e. The minimum Gasteiger partial charge on any atom is -0.493 e. The van der Waals surface area contributed by atoms with E-state index in [2.05, 4.69) is 84.4 Å². The third-order valence-corrected chi connectivity index (χ3v) is 17.4. The van der Waals surface area contributed by atoms with Gasteiger partial charge in [0.15, 0.2) is 38.3 Å². The number of hydrogen-bond acceptors (Lipinski definition) is 16. The first-order chi connectivity index (χ1) is 42.8. The fourth-order valence-electron chi connectivity index (χ4n) is 12.3. The molecular weight excluding hydrogens is 1160 g/mol. The zero-order valence-electron chi connectivity index (χ0n) is 53.9. The average Bonchev–Trinajstić information content (AvgIpc) is 1.64. The summed E-state index contributed by atoms with van der Waals surface area (Å²) < 4.78 is 40.6. The van der Waals surface area contributed by atoms with Gasteiger partial charge in [-0.2, -0.15) is 15.3 Å². The summed E-state index contributed by atoms with van der Waals surface area (Å²) >= 11 is 0. The Hall–Kier alpha value is -9.32. The summed E-state index contributed by atoms with van der Waals surface area (Å²) in [6.07, 6.45) is 3.89. The standard InChI is InChI=1S/C24H32N6O3.C21H25N5O3S.C21H25N5O/c1-14(2)25-24(31)27-18-9-10-29(13-18)19-11-15(3)28-30-22(16(4)26-23(19)30)17-7-8-20(32-5)21(12-17)33-6;1-13-10-19(25-9-8-17(12-25)23-15(3)27)21-22-14(2)20(26(21)24-13)16-6-5-7-18(11-16)30(4,28)29;1-13-5-7-17(8-6-13)20-15(3)22-21-19(11-14(2)24-26(20)21)25-10-9-18(12-25)23-16(4)27/h7-8,11-12,14,18H,9-10,13H2,1-6H3,(H2,25,27,31);5-7,10-11,17H,8-9,12H2,1-4H3,(H,23,27);5-8,11,18H,9-10,12H2,1-4H3,(H,23,27)/t18-;17-;18-/m111/s1. The molecule has 4 amide bonds. The number of methoxy groups -OCH3 is 2. The van der Waals surface area contributed by atoms with Crippen molar-refractivity contribution >= 4 is 61.7 Å². The number of urea groups is 1. The molecular formula is C66H82N16O7S. The second-order valence-corrected chi connectivity index (χ2v) is 26.1. The number of nitrogens with one attached hydrogen (secondary N) is 4. The van der Waals surface area contributed by atoms with Crippen LogP contribution in [0.2, 0.25) is 0 Å². The predicted molar refractivity (Wildman–Crippen MR) is 351 cm³/mol. The van der Waals surface area contributed by atoms with E-state index in [1.54, 1.807) is 43.9 Å². The summed E-state index contributed by atoms with van der Waals surface area (Å²) in [5.41, 5.74) is 17.5. The van der Waals surface area contributed by atoms with E-state index in [4.69, 9.17) is 34.6 Å². The first kappa shape index (κ1) is 63.7. The highest BCUT2D eigenvalue weighted by molar-refractivity contribution is 7.90. The second-order valence-electron chi connectivity index (χ2n) is 24.1. The molecule has 3 aromatic carbocycles. The minimum absolute atomic E-state index is 0.0243. The molecule has 0 bridgehead atoms. The van der Waals surface area contributed by atoms with Crippen LogP contribution >= 0.6 is 0 Å². The normalized spacial score (nSPS) is 16.5. The number of imidazole rings is 3. The lowest BCUT2D eigenvalue weighted by atomic mass is 10.1. The molecule has 23 nitrogen and oxygen atoms in total. The van der Waals surface area contributed by atoms with Crippen molar-refractivity contribution in [1.29, 1.82) is 0 Å². The summed E-state index contributed by atoms with van der Waals surface area (Å²) in [6, 6.07) is 27.7. The number of carbonyl (C=O) groups is 3. The SMILES string of the molecule is CC(=O)N[C@@H]1CCN(c2cc(C)nn3c(-c4ccc(C)cc4)c(C)nc23)C1.CC(=O)N[C@@H]1CCN(c2cc(C)nn3c(-c4cccc(S(C)(=O)=O)c4)c(C)nc23)C1.COc1ccc(-c2c(C)nc3c(N4CC[C@@H](NC(=O)NC(C)C)C4)cc(C)nn23)cc1OC. The van der Waals surface area contributed by atoms with E-state index >= 15 is 0 Å². The van der Waals surface area contributed by atoms with Gasteiger partial charge >= 0.3 is 6.03 Å². The number of anilines is 3. The molecule has 0 radical (unpaired) electrons. The summed E-state index contributed by atoms with van der Waals surface area (Å²) in [5.74, 6) is 1.33. The molecule has 12 rings (SSSR count). The van der Waals surface area contributed by atoms with E-state index in [9.17, 15) is 22.8 Å². The molecule has 0 saturated carbocycles. The van der Waals surface area contributed by atoms with Gasteiger partial charge in [-0.25, -0.2) is 41.7 Å². The van der Waals surface area contributed by atoms with E-state index in [1.807, 2.05) is 94.8 Å². The summed E-state index contributed by atoms with van der Waals surface area (Å²) in [4.78, 5) is 56.5. The number of fused-ring (bicyclic) bond motifs is 3. The first-order valence-corrected chi connectivity index (χ1v) is 32.3. The van der Waals surface area contributed by atoms with Crippen molar-refractivity contribution < 1.29 is 32.3 Å². The van der Waals surface area contributed by atoms with Gasteiger partial charge < -0.3 is 45.4 Å². The second kappa shape index (κ2) is 26.4. The molecule has 6 aromatic heterocycles. The number of nitrogens with zero attached hydrogens (tertiary/aromatic N) is 12. The topological polar surface area (TPSA) is 252 Å². The Balaban J connectivity index is 0.000000149. The third kappa shape index (κ3) is 13.9. The van der Waals surface area contributed by atoms with Crippen LogP contribution in [-0.4, -0.2) is 154 Å². The predicted octanol–water partition coefficient (Wildman–Crippen LogP) is 8.48. The molecule has 0 aliphatic carbocycles. The maximum absolute atomic E-state index is 12.1. The molecule has 24 heteroatoms. The zero-order chi connectivity index (χ0) is 64.5. The fraction of sp³-hybridized carbons (Fsp3) is 0.409. The molecule has 3 atom stereocenters. The van der Waals surface area contributed by atoms with Crippen molar-refractivity contribution in [3.8, 4) is 45.3 Å². The fourth-order valence-corrected chi connectivity index (χ4v) is 13.0. The zero-order valence-corrected chi connectivity index (χ0v) is 54.7. The Morgan fingerprint density at radius 3 is 1.32 bits per heavy atom. The summed E-state index contributed by atoms with van der Waals surface area (Å²) in [6.45, 7) is 25.7. The summed E-state index contributed by atoms with van der Waals surface area (Å²) in [7, 11) is -0.0693. The van der Waals surface area contributed by atoms with Crippen LogP contribution in [0.1, 0.15) is 86.7 Å². The number of ether oxygens (including phenoxy) is 2. The molecule has 0 unspecified atom stereocenters. The molecule has 3 aliphatic heterocycles. The van der Waals surface area contributed by atoms with Gasteiger partial charge in [0.25, 0.3) is 0 Å². The molecule has 0 spiro atoms. The summed E-state index contributed by atoms with van der Waals surface area (Å²) in [5, 5.41) is 26.2. The van der Waals surface area contributed by atoms with Crippen molar-refractivity contribution in [1.82, 2.24) is 65.1 Å². The number of aromatic nitrogens is 9. The molecule has 3 fully saturated rings. The highest BCUT2D eigenvalue weighted by Crippen LogP contribution is 2.38. The number of hydrogen-bond donors (Lipinski definition) is 4. The molecule has 3 saturated heterocycles. The van der Waals surface area contributed by atoms with Crippen LogP contribution in [0.25, 0.3) is 50.7 Å². The van der Waals surface area contributed by atoms with Gasteiger partial charge in [0.1, 0.15) is 0 Å². The number of benzene rings is 3. The van der Waals surface area contributed by atoms with Crippen molar-refractivity contribution in [2.45, 2.75) is 124 Å². The van der Waals surface area contributed by atoms with Gasteiger partial charge in [0, 0.05) is 100 Å². The highest BCUT2D eigenvalue weighted by Gasteiger charge is 2.31. The third-order valence-electron chi connectivity index (χ3n) is 16.3. The van der Waals surface area contributed by atoms with Crippen LogP contribution < -0.4 is 45.4 Å². The Kier molecular flexibility index (Phi) is 18.7. The first-order valence-electron chi connectivity index (χ1n) is 30.4. The molecule has 9 heterocycles. The van der Waals surface area contributed by atoms with Crippen LogP contribution in [-0.2, 0) is 19.4 Å². The van der Waals surface area contributed by atoms with Crippen LogP contribution in [0.5, 0.6) is 11.5 Å². The Labute approximate surface area is 525 Å². The maximum Gasteiger partial charge on any atom is 0.315 e. The van der Waals surface area contributed by atoms with Gasteiger partial charge in [0.05, 0.1) is 87.4 Å². The Morgan fingerprint density at radius 2 is 0.922 bits per heavy atom. The maximum atomic E-state index is 12.1. The van der Waals surface area contributed by atoms with E-state index in [-0.39, 0.29) is 46.9 Å². The monoisotopic (exact) mass is 1240 g/mol. The van der Waals surface area contributed by atoms with Crippen LogP contribution in [0, 0.1) is 48.5 Å². The van der Waals surface area contributed by atoms with Crippen molar-refractivity contribution in [2.24, 2.45) is 0 Å². The van der Waals surface area contributed by atoms with Crippen molar-refractivity contribution in [2.75, 3.05) is 74.4 Å². The molecule has 90 heavy (non-hydrogen) atoms. The molecule has 4 N–H and O–H groups in total. The van der Waals surface area contributed by atoms with Gasteiger partial charge in [-0.15, -0.1) is 0 Å². The van der Waals surface area contributed by atoms with E-state index < -0.39 is 9.84 Å². The van der Waals surface area contributed by atoms with Gasteiger partial charge in [-0.05, 0) is 130 Å². The van der Waals surface area contributed by atoms with Crippen molar-refractivity contribution in [3.05, 3.63) is 125 Å². The van der Waals surface area contributed by atoms with E-state index in [1.165, 1.54) is 18.7 Å². The van der Waals surface area contributed by atoms with Gasteiger partial charge in [0.2, 0.25) is 11.8 Å². The van der Waals surface area contributed by atoms with Crippen LogP contribution in [0.15, 0.2) is 89.8 Å². The smallest absolute Gasteiger partial charge is 0.315 e. The molecule has 9 aromatic rings. The van der Waals surface area contributed by atoms with E-state index in [0.717, 1.165) is 154 Å². The highest BCUT2D eigenvalue weighted by atomic mass is 32.2. The Bertz CT molecular complexity index is 4290. The van der Waals surface area contributed by atoms with Crippen LogP contribution in [0.3, 0.4) is 0 Å². The van der Waals surface area contributed by atoms with Crippen LogP contribution in [0.4, 0.5) is 21.9 Å². The minimum atomic E-state index is -3.32. The van der Waals surface area contributed by atoms with E-state index in [0.29, 0.717) is 18.0 Å². The Morgan fingerprint density at radius 1 is 0.522 bits per heavy atom. The average molecular weight is 1240 g/mol. The van der Waals surface area contributed by atoms with Gasteiger partial charge in [-0.3, -0.25) is 9.59 Å². The lowest BCUT2D eigenvalue weighted by Crippen LogP contribution is -2.45. The van der Waals surface area contributed by atoms with Crippen molar-refractivity contribution in [3.63, 3.8) is 0 Å². The molecule has 474 valence electrons. The number of sulfone groups is 1. The lowest BCUT2D eigenvalue weighted by Gasteiger charge is -2.20. The molecule has 3 aliphatic rings. The quantitative estimate of drug-likeness (QED) is 0.0844. The lowest BCUT2D eigenvalue weighted by molar-refractivity contribution is -0.120. The number of rotatable bonds is 13.